The number of hydrogen-bond acceptors (Lipinski definition) is 2. The Balaban J connectivity index is 0.00000361. The van der Waals surface area contributed by atoms with E-state index in [0.29, 0.717) is 6.10 Å². The Hall–Kier alpha value is -0.760. The second-order valence-electron chi connectivity index (χ2n) is 4.62. The Bertz CT molecular complexity index is 352. The van der Waals surface area contributed by atoms with Gasteiger partial charge in [0.05, 0.1) is 6.10 Å². The van der Waals surface area contributed by atoms with E-state index < -0.39 is 0 Å². The maximum atomic E-state index is 5.48. The van der Waals surface area contributed by atoms with Crippen molar-refractivity contribution < 1.29 is 4.74 Å². The van der Waals surface area contributed by atoms with E-state index in [-0.39, 0.29) is 24.0 Å². The van der Waals surface area contributed by atoms with E-state index in [1.807, 2.05) is 12.1 Å². The molecule has 0 saturated carbocycles. The van der Waals surface area contributed by atoms with Gasteiger partial charge in [-0.3, -0.25) is 4.99 Å². The fourth-order valence-corrected chi connectivity index (χ4v) is 1.64. The first-order valence-corrected chi connectivity index (χ1v) is 6.89. The lowest BCUT2D eigenvalue weighted by Gasteiger charge is -2.13. The SMILES string of the molecule is CN=C(NCCCOC(C)C)NCCn1cccc1.I. The maximum absolute atomic E-state index is 5.48. The highest BCUT2D eigenvalue weighted by molar-refractivity contribution is 14.0. The number of halogens is 1. The Labute approximate surface area is 139 Å². The van der Waals surface area contributed by atoms with Gasteiger partial charge in [-0.25, -0.2) is 0 Å². The summed E-state index contributed by atoms with van der Waals surface area (Å²) < 4.78 is 7.62. The van der Waals surface area contributed by atoms with Crippen molar-refractivity contribution in [3.8, 4) is 0 Å². The highest BCUT2D eigenvalue weighted by atomic mass is 127. The molecular formula is C14H27IN4O. The number of nitrogens with zero attached hydrogens (tertiary/aromatic N) is 2. The molecule has 0 aliphatic rings. The van der Waals surface area contributed by atoms with Crippen LogP contribution in [0.25, 0.3) is 0 Å². The highest BCUT2D eigenvalue weighted by Crippen LogP contribution is 1.90. The summed E-state index contributed by atoms with van der Waals surface area (Å²) in [5.41, 5.74) is 0. The lowest BCUT2D eigenvalue weighted by atomic mass is 10.4. The molecule has 1 aromatic rings. The third-order valence-electron chi connectivity index (χ3n) is 2.62. The van der Waals surface area contributed by atoms with E-state index >= 15 is 0 Å². The molecule has 20 heavy (non-hydrogen) atoms. The van der Waals surface area contributed by atoms with Gasteiger partial charge in [-0.15, -0.1) is 24.0 Å². The fraction of sp³-hybridized carbons (Fsp3) is 0.643. The largest absolute Gasteiger partial charge is 0.379 e. The van der Waals surface area contributed by atoms with Crippen LogP contribution >= 0.6 is 24.0 Å². The maximum Gasteiger partial charge on any atom is 0.191 e. The topological polar surface area (TPSA) is 50.6 Å². The van der Waals surface area contributed by atoms with Crippen LogP contribution in [0.2, 0.25) is 0 Å². The van der Waals surface area contributed by atoms with E-state index in [1.165, 1.54) is 0 Å². The molecule has 0 unspecified atom stereocenters. The molecule has 0 radical (unpaired) electrons. The molecule has 0 aliphatic carbocycles. The number of aliphatic imine (C=N–C) groups is 1. The minimum Gasteiger partial charge on any atom is -0.379 e. The molecule has 0 aromatic carbocycles. The van der Waals surface area contributed by atoms with E-state index in [9.17, 15) is 0 Å². The number of aromatic nitrogens is 1. The van der Waals surface area contributed by atoms with Crippen molar-refractivity contribution >= 4 is 29.9 Å². The zero-order valence-corrected chi connectivity index (χ0v) is 15.0. The quantitative estimate of drug-likeness (QED) is 0.307. The Morgan fingerprint density at radius 3 is 2.45 bits per heavy atom. The van der Waals surface area contributed by atoms with Gasteiger partial charge < -0.3 is 19.9 Å². The van der Waals surface area contributed by atoms with Gasteiger partial charge in [-0.05, 0) is 32.4 Å². The summed E-state index contributed by atoms with van der Waals surface area (Å²) in [6.45, 7) is 7.55. The van der Waals surface area contributed by atoms with Crippen molar-refractivity contribution in [1.82, 2.24) is 15.2 Å². The summed E-state index contributed by atoms with van der Waals surface area (Å²) in [5, 5.41) is 6.56. The molecule has 0 bridgehead atoms. The predicted molar refractivity (Wildman–Crippen MR) is 94.9 cm³/mol. The molecule has 0 amide bonds. The van der Waals surface area contributed by atoms with Gasteiger partial charge in [-0.1, -0.05) is 0 Å². The molecule has 0 aliphatic heterocycles. The van der Waals surface area contributed by atoms with E-state index in [4.69, 9.17) is 4.74 Å². The standard InChI is InChI=1S/C14H26N4O.HI/c1-13(2)19-12-6-7-16-14(15-3)17-8-11-18-9-4-5-10-18;/h4-5,9-10,13H,6-8,11-12H2,1-3H3,(H2,15,16,17);1H. The van der Waals surface area contributed by atoms with Crippen molar-refractivity contribution in [3.63, 3.8) is 0 Å². The second kappa shape index (κ2) is 12.0. The third kappa shape index (κ3) is 9.19. The van der Waals surface area contributed by atoms with E-state index in [2.05, 4.69) is 46.4 Å². The summed E-state index contributed by atoms with van der Waals surface area (Å²) in [4.78, 5) is 4.18. The summed E-state index contributed by atoms with van der Waals surface area (Å²) >= 11 is 0. The van der Waals surface area contributed by atoms with Crippen LogP contribution in [0.4, 0.5) is 0 Å². The van der Waals surface area contributed by atoms with Crippen molar-refractivity contribution in [3.05, 3.63) is 24.5 Å². The highest BCUT2D eigenvalue weighted by Gasteiger charge is 1.97. The van der Waals surface area contributed by atoms with Gasteiger partial charge in [0.25, 0.3) is 0 Å². The van der Waals surface area contributed by atoms with Crippen LogP contribution in [0.1, 0.15) is 20.3 Å². The molecule has 1 aromatic heterocycles. The van der Waals surface area contributed by atoms with E-state index in [1.54, 1.807) is 7.05 Å². The molecule has 2 N–H and O–H groups in total. The number of guanidine groups is 1. The summed E-state index contributed by atoms with van der Waals surface area (Å²) in [7, 11) is 1.79. The van der Waals surface area contributed by atoms with Gasteiger partial charge in [0.15, 0.2) is 5.96 Å². The van der Waals surface area contributed by atoms with Crippen LogP contribution in [0, 0.1) is 0 Å². The second-order valence-corrected chi connectivity index (χ2v) is 4.62. The number of rotatable bonds is 8. The van der Waals surface area contributed by atoms with Crippen LogP contribution in [-0.4, -0.2) is 43.4 Å². The van der Waals surface area contributed by atoms with Crippen LogP contribution in [0.5, 0.6) is 0 Å². The molecule has 116 valence electrons. The molecule has 0 saturated heterocycles. The molecule has 6 heteroatoms. The zero-order chi connectivity index (χ0) is 13.9. The first-order valence-electron chi connectivity index (χ1n) is 6.89. The van der Waals surface area contributed by atoms with Crippen molar-refractivity contribution in [1.29, 1.82) is 0 Å². The normalized spacial score (nSPS) is 11.3. The van der Waals surface area contributed by atoms with Crippen LogP contribution in [-0.2, 0) is 11.3 Å². The summed E-state index contributed by atoms with van der Waals surface area (Å²) in [5.74, 6) is 0.844. The van der Waals surface area contributed by atoms with Gasteiger partial charge in [0, 0.05) is 45.7 Å². The lowest BCUT2D eigenvalue weighted by molar-refractivity contribution is 0.0776. The van der Waals surface area contributed by atoms with Crippen molar-refractivity contribution in [2.24, 2.45) is 4.99 Å². The first-order chi connectivity index (χ1) is 9.22. The van der Waals surface area contributed by atoms with Crippen LogP contribution in [0.3, 0.4) is 0 Å². The van der Waals surface area contributed by atoms with Crippen molar-refractivity contribution in [2.45, 2.75) is 32.9 Å². The fourth-order valence-electron chi connectivity index (χ4n) is 1.64. The Morgan fingerprint density at radius 1 is 1.20 bits per heavy atom. The molecule has 5 nitrogen and oxygen atoms in total. The van der Waals surface area contributed by atoms with Gasteiger partial charge in [0.2, 0.25) is 0 Å². The Morgan fingerprint density at radius 2 is 1.85 bits per heavy atom. The Kier molecular flexibility index (Phi) is 11.6. The average molecular weight is 394 g/mol. The van der Waals surface area contributed by atoms with E-state index in [0.717, 1.165) is 38.6 Å². The third-order valence-corrected chi connectivity index (χ3v) is 2.62. The minimum absolute atomic E-state index is 0. The number of ether oxygens (including phenoxy) is 1. The molecular weight excluding hydrogens is 367 g/mol. The summed E-state index contributed by atoms with van der Waals surface area (Å²) in [6, 6.07) is 4.06. The van der Waals surface area contributed by atoms with Gasteiger partial charge >= 0.3 is 0 Å². The number of hydrogen-bond donors (Lipinski definition) is 2. The first kappa shape index (κ1) is 19.2. The molecule has 0 atom stereocenters. The monoisotopic (exact) mass is 394 g/mol. The summed E-state index contributed by atoms with van der Waals surface area (Å²) in [6.07, 6.45) is 5.40. The van der Waals surface area contributed by atoms with Crippen molar-refractivity contribution in [2.75, 3.05) is 26.7 Å². The zero-order valence-electron chi connectivity index (χ0n) is 12.6. The van der Waals surface area contributed by atoms with Crippen LogP contribution in [0.15, 0.2) is 29.5 Å². The molecule has 0 fully saturated rings. The lowest BCUT2D eigenvalue weighted by Crippen LogP contribution is -2.39. The molecule has 1 rings (SSSR count). The van der Waals surface area contributed by atoms with Crippen LogP contribution < -0.4 is 10.6 Å². The molecule has 0 spiro atoms. The van der Waals surface area contributed by atoms with Gasteiger partial charge in [-0.2, -0.15) is 0 Å². The molecule has 1 heterocycles. The average Bonchev–Trinajstić information content (AvgIpc) is 2.89. The smallest absolute Gasteiger partial charge is 0.191 e. The van der Waals surface area contributed by atoms with Gasteiger partial charge in [0.1, 0.15) is 0 Å². The number of nitrogens with one attached hydrogen (secondary N) is 2. The minimum atomic E-state index is 0. The predicted octanol–water partition coefficient (Wildman–Crippen LogP) is 2.09.